The molecule has 20 heavy (non-hydrogen) atoms. The Hall–Kier alpha value is -1.43. The summed E-state index contributed by atoms with van der Waals surface area (Å²) in [6.45, 7) is 3.25. The molecular weight excluding hydrogens is 258 g/mol. The lowest BCUT2D eigenvalue weighted by Gasteiger charge is -2.42. The van der Waals surface area contributed by atoms with Crippen LogP contribution < -0.4 is 11.1 Å². The number of amides is 3. The van der Waals surface area contributed by atoms with Crippen LogP contribution in [0.3, 0.4) is 0 Å². The van der Waals surface area contributed by atoms with Gasteiger partial charge in [0, 0.05) is 6.04 Å². The molecule has 0 bridgehead atoms. The van der Waals surface area contributed by atoms with E-state index in [1.54, 1.807) is 13.8 Å². The van der Waals surface area contributed by atoms with E-state index in [1.165, 1.54) is 4.90 Å². The number of hydrogen-bond acceptors (Lipinski definition) is 4. The molecule has 1 saturated carbocycles. The summed E-state index contributed by atoms with van der Waals surface area (Å²) in [4.78, 5) is 37.6. The van der Waals surface area contributed by atoms with Gasteiger partial charge < -0.3 is 10.6 Å². The average Bonchev–Trinajstić information content (AvgIpc) is 2.58. The molecule has 0 aromatic rings. The van der Waals surface area contributed by atoms with Crippen LogP contribution in [0, 0.1) is 5.92 Å². The first-order valence-corrected chi connectivity index (χ1v) is 7.25. The fraction of sp³-hybridized carbons (Fsp3) is 0.786. The summed E-state index contributed by atoms with van der Waals surface area (Å²) >= 11 is 0. The maximum atomic E-state index is 12.7. The predicted molar refractivity (Wildman–Crippen MR) is 73.5 cm³/mol. The van der Waals surface area contributed by atoms with E-state index in [1.807, 2.05) is 0 Å². The van der Waals surface area contributed by atoms with Gasteiger partial charge in [-0.1, -0.05) is 19.3 Å². The summed E-state index contributed by atoms with van der Waals surface area (Å²) in [6, 6.07) is -0.180. The number of imide groups is 1. The first-order chi connectivity index (χ1) is 9.34. The zero-order chi connectivity index (χ0) is 14.9. The van der Waals surface area contributed by atoms with Gasteiger partial charge >= 0.3 is 0 Å². The van der Waals surface area contributed by atoms with Crippen LogP contribution in [0.5, 0.6) is 0 Å². The molecule has 1 saturated heterocycles. The topological polar surface area (TPSA) is 92.5 Å². The maximum Gasteiger partial charge on any atom is 0.252 e. The molecule has 6 nitrogen and oxygen atoms in total. The fourth-order valence-corrected chi connectivity index (χ4v) is 2.98. The van der Waals surface area contributed by atoms with Crippen molar-refractivity contribution in [3.05, 3.63) is 0 Å². The van der Waals surface area contributed by atoms with Gasteiger partial charge in [0.25, 0.3) is 5.91 Å². The van der Waals surface area contributed by atoms with Crippen molar-refractivity contribution < 1.29 is 14.4 Å². The second-order valence-corrected chi connectivity index (χ2v) is 6.27. The van der Waals surface area contributed by atoms with Crippen molar-refractivity contribution in [2.45, 2.75) is 57.5 Å². The number of carbonyl (C=O) groups excluding carboxylic acids is 3. The quantitative estimate of drug-likeness (QED) is 0.529. The summed E-state index contributed by atoms with van der Waals surface area (Å²) in [7, 11) is 0. The molecule has 1 aliphatic heterocycles. The van der Waals surface area contributed by atoms with Crippen molar-refractivity contribution >= 4 is 17.7 Å². The van der Waals surface area contributed by atoms with Crippen molar-refractivity contribution in [1.29, 1.82) is 0 Å². The number of nitrogens with two attached hydrogens (primary N) is 1. The lowest BCUT2D eigenvalue weighted by molar-refractivity contribution is -0.158. The minimum atomic E-state index is -1.00. The molecule has 112 valence electrons. The Bertz CT molecular complexity index is 433. The van der Waals surface area contributed by atoms with Gasteiger partial charge in [-0.25, -0.2) is 0 Å². The van der Waals surface area contributed by atoms with Crippen molar-refractivity contribution in [3.8, 4) is 0 Å². The maximum absolute atomic E-state index is 12.7. The standard InChI is InChI=1S/C14H23N3O3/c1-14(2)13(20)16-11(18)8-17(14)12(19)9-6-4-3-5-7-10(9)15/h9-10H,3-8,15H2,1-2H3,(H,16,18,20). The normalized spacial score (nSPS) is 30.6. The fourth-order valence-electron chi connectivity index (χ4n) is 2.98. The number of nitrogens with zero attached hydrogens (tertiary/aromatic N) is 1. The summed E-state index contributed by atoms with van der Waals surface area (Å²) in [5.41, 5.74) is 5.11. The average molecular weight is 281 g/mol. The largest absolute Gasteiger partial charge is 0.327 e. The third-order valence-electron chi connectivity index (χ3n) is 4.44. The molecule has 2 unspecified atom stereocenters. The Balaban J connectivity index is 2.21. The molecule has 1 aliphatic carbocycles. The summed E-state index contributed by atoms with van der Waals surface area (Å²) in [5, 5.41) is 2.28. The predicted octanol–water partition coefficient (Wildman–Crippen LogP) is 0.158. The first kappa shape index (κ1) is 15.0. The summed E-state index contributed by atoms with van der Waals surface area (Å²) in [6.07, 6.45) is 4.65. The zero-order valence-corrected chi connectivity index (χ0v) is 12.1. The van der Waals surface area contributed by atoms with E-state index < -0.39 is 17.4 Å². The molecule has 2 atom stereocenters. The molecule has 0 radical (unpaired) electrons. The van der Waals surface area contributed by atoms with E-state index in [2.05, 4.69) is 5.32 Å². The number of carbonyl (C=O) groups is 3. The van der Waals surface area contributed by atoms with Crippen molar-refractivity contribution in [3.63, 3.8) is 0 Å². The molecule has 0 aromatic heterocycles. The molecule has 0 aromatic carbocycles. The molecule has 1 heterocycles. The SMILES string of the molecule is CC1(C)C(=O)NC(=O)CN1C(=O)C1CCCCCC1N. The molecule has 0 spiro atoms. The van der Waals surface area contributed by atoms with E-state index in [-0.39, 0.29) is 24.4 Å². The lowest BCUT2D eigenvalue weighted by Crippen LogP contribution is -2.67. The Morgan fingerprint density at radius 3 is 2.60 bits per heavy atom. The van der Waals surface area contributed by atoms with Crippen LogP contribution in [0.25, 0.3) is 0 Å². The van der Waals surface area contributed by atoms with Gasteiger partial charge in [0.1, 0.15) is 12.1 Å². The van der Waals surface area contributed by atoms with Crippen molar-refractivity contribution in [2.75, 3.05) is 6.54 Å². The van der Waals surface area contributed by atoms with E-state index in [0.29, 0.717) is 0 Å². The highest BCUT2D eigenvalue weighted by Gasteiger charge is 2.46. The monoisotopic (exact) mass is 281 g/mol. The Kier molecular flexibility index (Phi) is 4.13. The molecule has 3 N–H and O–H groups in total. The Morgan fingerprint density at radius 1 is 1.25 bits per heavy atom. The van der Waals surface area contributed by atoms with Crippen LogP contribution in [0.4, 0.5) is 0 Å². The third-order valence-corrected chi connectivity index (χ3v) is 4.44. The molecule has 2 fully saturated rings. The smallest absolute Gasteiger partial charge is 0.252 e. The highest BCUT2D eigenvalue weighted by atomic mass is 16.2. The van der Waals surface area contributed by atoms with Crippen LogP contribution in [-0.4, -0.2) is 40.7 Å². The van der Waals surface area contributed by atoms with Crippen LogP contribution in [0.1, 0.15) is 46.0 Å². The second-order valence-electron chi connectivity index (χ2n) is 6.27. The zero-order valence-electron chi connectivity index (χ0n) is 12.1. The van der Waals surface area contributed by atoms with Gasteiger partial charge in [0.05, 0.1) is 5.92 Å². The third kappa shape index (κ3) is 2.70. The minimum absolute atomic E-state index is 0.0687. The van der Waals surface area contributed by atoms with Gasteiger partial charge in [0.2, 0.25) is 11.8 Å². The van der Waals surface area contributed by atoms with E-state index in [9.17, 15) is 14.4 Å². The van der Waals surface area contributed by atoms with Gasteiger partial charge in [-0.15, -0.1) is 0 Å². The Labute approximate surface area is 119 Å². The van der Waals surface area contributed by atoms with Crippen LogP contribution >= 0.6 is 0 Å². The van der Waals surface area contributed by atoms with Crippen LogP contribution in [0.15, 0.2) is 0 Å². The highest BCUT2D eigenvalue weighted by Crippen LogP contribution is 2.28. The van der Waals surface area contributed by atoms with Crippen LogP contribution in [0.2, 0.25) is 0 Å². The molecular formula is C14H23N3O3. The highest BCUT2D eigenvalue weighted by molar-refractivity contribution is 6.06. The number of rotatable bonds is 1. The van der Waals surface area contributed by atoms with Gasteiger partial charge in [-0.2, -0.15) is 0 Å². The first-order valence-electron chi connectivity index (χ1n) is 7.25. The molecule has 3 amide bonds. The van der Waals surface area contributed by atoms with E-state index in [4.69, 9.17) is 5.73 Å². The molecule has 2 aliphatic rings. The van der Waals surface area contributed by atoms with Gasteiger partial charge in [-0.3, -0.25) is 19.7 Å². The number of piperazine rings is 1. The van der Waals surface area contributed by atoms with E-state index in [0.717, 1.165) is 32.1 Å². The molecule has 6 heteroatoms. The van der Waals surface area contributed by atoms with Crippen molar-refractivity contribution in [2.24, 2.45) is 11.7 Å². The van der Waals surface area contributed by atoms with Crippen molar-refractivity contribution in [1.82, 2.24) is 10.2 Å². The second kappa shape index (κ2) is 5.52. The van der Waals surface area contributed by atoms with Gasteiger partial charge in [0.15, 0.2) is 0 Å². The summed E-state index contributed by atoms with van der Waals surface area (Å²) in [5.74, 6) is -1.29. The minimum Gasteiger partial charge on any atom is -0.327 e. The lowest BCUT2D eigenvalue weighted by atomic mass is 9.90. The number of nitrogens with one attached hydrogen (secondary N) is 1. The van der Waals surface area contributed by atoms with E-state index >= 15 is 0 Å². The number of hydrogen-bond donors (Lipinski definition) is 2. The summed E-state index contributed by atoms with van der Waals surface area (Å²) < 4.78 is 0. The van der Waals surface area contributed by atoms with Gasteiger partial charge in [-0.05, 0) is 26.7 Å². The Morgan fingerprint density at radius 2 is 1.90 bits per heavy atom. The molecule has 2 rings (SSSR count). The van der Waals surface area contributed by atoms with Crippen LogP contribution in [-0.2, 0) is 14.4 Å².